The van der Waals surface area contributed by atoms with E-state index in [1.165, 1.54) is 24.0 Å². The smallest absolute Gasteiger partial charge is 0.416 e. The summed E-state index contributed by atoms with van der Waals surface area (Å²) in [6.45, 7) is 19.9. The van der Waals surface area contributed by atoms with Crippen LogP contribution in [0.25, 0.3) is 11.1 Å². The van der Waals surface area contributed by atoms with Crippen molar-refractivity contribution >= 4 is 133 Å². The number of fused-ring (bicyclic) bond motifs is 4. The molecule has 0 radical (unpaired) electrons. The number of benzene rings is 4. The van der Waals surface area contributed by atoms with Gasteiger partial charge in [-0.05, 0) is 127 Å². The van der Waals surface area contributed by atoms with Crippen LogP contribution in [-0.4, -0.2) is 137 Å². The fraction of sp³-hybridized carbons (Fsp3) is 0.492. The summed E-state index contributed by atoms with van der Waals surface area (Å²) in [6, 6.07) is 19.8. The van der Waals surface area contributed by atoms with Gasteiger partial charge in [0, 0.05) is 24.5 Å². The van der Waals surface area contributed by atoms with Gasteiger partial charge in [-0.3, -0.25) is 9.59 Å². The molecule has 0 aliphatic carbocycles. The summed E-state index contributed by atoms with van der Waals surface area (Å²) in [5.74, 6) is 1.46. The topological polar surface area (TPSA) is 174 Å². The highest BCUT2D eigenvalue weighted by Crippen LogP contribution is 2.50. The van der Waals surface area contributed by atoms with E-state index in [2.05, 4.69) is 67.7 Å². The van der Waals surface area contributed by atoms with Crippen molar-refractivity contribution in [1.82, 2.24) is 9.80 Å². The Hall–Kier alpha value is -5.27. The van der Waals surface area contributed by atoms with E-state index in [0.717, 1.165) is 22.3 Å². The lowest BCUT2D eigenvalue weighted by Gasteiger charge is -2.44. The number of alkyl halides is 6. The first-order valence-corrected chi connectivity index (χ1v) is 37.2. The van der Waals surface area contributed by atoms with Crippen molar-refractivity contribution in [2.24, 2.45) is 0 Å². The Labute approximate surface area is 553 Å². The maximum Gasteiger partial charge on any atom is 0.416 e. The first-order valence-electron chi connectivity index (χ1n) is 29.1. The quantitative estimate of drug-likeness (QED) is 0.0464. The summed E-state index contributed by atoms with van der Waals surface area (Å²) in [4.78, 5) is 65.6. The molecule has 4 aliphatic rings. The second-order valence-corrected chi connectivity index (χ2v) is 39.7. The van der Waals surface area contributed by atoms with E-state index >= 15 is 9.59 Å². The van der Waals surface area contributed by atoms with E-state index < -0.39 is 86.0 Å². The van der Waals surface area contributed by atoms with Gasteiger partial charge in [-0.15, -0.1) is 0 Å². The molecule has 26 heteroatoms. The van der Waals surface area contributed by atoms with Crippen molar-refractivity contribution in [3.8, 4) is 34.5 Å². The van der Waals surface area contributed by atoms with Crippen LogP contribution in [-0.2, 0) is 18.3 Å². The minimum absolute atomic E-state index is 0.117. The highest BCUT2D eigenvalue weighted by atomic mass is 35.6. The van der Waals surface area contributed by atoms with Crippen LogP contribution in [0, 0.1) is 0 Å². The van der Waals surface area contributed by atoms with Crippen molar-refractivity contribution in [2.75, 3.05) is 64.7 Å². The Kier molecular flexibility index (Phi) is 21.5. The third kappa shape index (κ3) is 15.8. The molecular formula is C63H78Cl6N4O14Si2. The van der Waals surface area contributed by atoms with Gasteiger partial charge in [0.2, 0.25) is 7.59 Å². The summed E-state index contributed by atoms with van der Waals surface area (Å²) in [5.41, 5.74) is 3.91. The number of carbonyl (C=O) groups excluding carboxylic acids is 4. The lowest BCUT2D eigenvalue weighted by Crippen LogP contribution is -2.58. The Morgan fingerprint density at radius 1 is 0.506 bits per heavy atom. The van der Waals surface area contributed by atoms with Gasteiger partial charge in [-0.25, -0.2) is 19.4 Å². The Morgan fingerprint density at radius 2 is 0.854 bits per heavy atom. The number of carbonyl (C=O) groups is 4. The van der Waals surface area contributed by atoms with Gasteiger partial charge in [0.25, 0.3) is 11.8 Å². The van der Waals surface area contributed by atoms with Gasteiger partial charge in [-0.2, -0.15) is 0 Å². The molecule has 0 saturated carbocycles. The van der Waals surface area contributed by atoms with Gasteiger partial charge >= 0.3 is 12.2 Å². The van der Waals surface area contributed by atoms with Crippen LogP contribution < -0.4 is 38.2 Å². The molecule has 4 aromatic carbocycles. The van der Waals surface area contributed by atoms with Crippen molar-refractivity contribution in [1.29, 1.82) is 0 Å². The molecule has 4 aromatic rings. The predicted octanol–water partition coefficient (Wildman–Crippen LogP) is 16.2. The SMILES string of the molecule is COc1ccc(C2=CN3C(=O)c4cc(OC)c(OCCCCCOc5cc6c(cc5OC)C(=O)N5C=C(c7ccc(OC)cc7)C[C@H]5[C@H](O[Si](C)(C)C(C)(C)C)N6C(=O)OCC(Cl)(Cl)Cl)cc4N(C(=O)OCC(Cl)(Cl)Cl)[C@@H](O[Si](C)(C)C(C)(C)C)[C@@H]3C2)cc1. The molecule has 4 heterocycles. The molecule has 8 rings (SSSR count). The molecule has 4 atom stereocenters. The zero-order chi connectivity index (χ0) is 65.3. The zero-order valence-electron chi connectivity index (χ0n) is 52.5. The average Bonchev–Trinajstić information content (AvgIpc) is 1.63. The first-order chi connectivity index (χ1) is 41.6. The number of hydrogen-bond acceptors (Lipinski definition) is 14. The van der Waals surface area contributed by atoms with Crippen molar-refractivity contribution in [3.63, 3.8) is 0 Å². The van der Waals surface area contributed by atoms with Crippen LogP contribution in [0.2, 0.25) is 36.3 Å². The van der Waals surface area contributed by atoms with Crippen LogP contribution in [0.15, 0.2) is 85.2 Å². The monoisotopic (exact) mass is 1380 g/mol. The van der Waals surface area contributed by atoms with Crippen LogP contribution in [0.4, 0.5) is 21.0 Å². The van der Waals surface area contributed by atoms with Gasteiger partial charge in [0.15, 0.2) is 52.1 Å². The van der Waals surface area contributed by atoms with Crippen LogP contribution in [0.3, 0.4) is 0 Å². The van der Waals surface area contributed by atoms with Crippen molar-refractivity contribution in [2.45, 2.75) is 142 Å². The molecule has 0 aromatic heterocycles. The average molecular weight is 1380 g/mol. The molecule has 0 fully saturated rings. The van der Waals surface area contributed by atoms with Gasteiger partial charge in [-0.1, -0.05) is 135 Å². The molecule has 0 N–H and O–H groups in total. The minimum Gasteiger partial charge on any atom is -0.497 e. The molecule has 0 spiro atoms. The third-order valence-corrected chi connectivity index (χ3v) is 26.7. The molecule has 89 heavy (non-hydrogen) atoms. The number of ether oxygens (including phenoxy) is 8. The number of anilines is 2. The number of halogens is 6. The van der Waals surface area contributed by atoms with E-state index in [9.17, 15) is 9.59 Å². The van der Waals surface area contributed by atoms with E-state index in [-0.39, 0.29) is 68.8 Å². The standard InChI is InChI=1S/C63H78Cl6N4O14Si2/c1-60(2,3)88(11,12)86-56-48-28-40(38-18-22-42(78-7)23-19-38)34-70(48)54(74)44-30-50(80-9)52(32-46(44)72(56)58(76)84-36-62(64,65)66)82-26-16-15-17-27-83-53-33-47-45(31-51(53)81-10)55(75)71-35-41(39-20-24-43(79-8)25-21-39)29-49(71)57(87-89(13,14)61(4,5)6)73(47)59(77)85-37-63(67,68)69/h18-25,30-35,48-49,56-57H,15-17,26-29,36-37H2,1-14H3/t48-,49-,56-,57-/m0/s1. The number of unbranched alkanes of at least 4 members (excludes halogenated alkanes) is 2. The maximum atomic E-state index is 15.1. The molecule has 4 amide bonds. The molecule has 0 saturated heterocycles. The van der Waals surface area contributed by atoms with E-state index in [1.807, 2.05) is 48.5 Å². The summed E-state index contributed by atoms with van der Waals surface area (Å²) < 4.78 is 57.5. The fourth-order valence-electron chi connectivity index (χ4n) is 10.2. The first kappa shape index (κ1) is 69.6. The van der Waals surface area contributed by atoms with Crippen molar-refractivity contribution < 1.29 is 65.9 Å². The molecule has 0 unspecified atom stereocenters. The highest BCUT2D eigenvalue weighted by molar-refractivity contribution is 6.74. The lowest BCUT2D eigenvalue weighted by atomic mass is 10.0. The molecule has 484 valence electrons. The minimum atomic E-state index is -2.77. The summed E-state index contributed by atoms with van der Waals surface area (Å²) >= 11 is 37.0. The predicted molar refractivity (Wildman–Crippen MR) is 354 cm³/mol. The Morgan fingerprint density at radius 3 is 1.16 bits per heavy atom. The molecule has 18 nitrogen and oxygen atoms in total. The van der Waals surface area contributed by atoms with Gasteiger partial charge < -0.3 is 56.5 Å². The summed E-state index contributed by atoms with van der Waals surface area (Å²) in [6.07, 6.45) is 1.82. The molecular weight excluding hydrogens is 1310 g/mol. The van der Waals surface area contributed by atoms with Crippen LogP contribution >= 0.6 is 69.6 Å². The second kappa shape index (κ2) is 27.5. The van der Waals surface area contributed by atoms with Gasteiger partial charge in [0.05, 0.1) is 76.2 Å². The van der Waals surface area contributed by atoms with Crippen molar-refractivity contribution in [3.05, 3.63) is 107 Å². The van der Waals surface area contributed by atoms with Crippen LogP contribution in [0.1, 0.15) is 105 Å². The second-order valence-electron chi connectivity index (χ2n) is 25.1. The highest BCUT2D eigenvalue weighted by Gasteiger charge is 2.53. The van der Waals surface area contributed by atoms with Crippen LogP contribution in [0.5, 0.6) is 34.5 Å². The number of hydrogen-bond donors (Lipinski definition) is 0. The molecule has 4 aliphatic heterocycles. The fourth-order valence-corrected chi connectivity index (χ4v) is 13.0. The van der Waals surface area contributed by atoms with Gasteiger partial charge in [0.1, 0.15) is 24.7 Å². The Bertz CT molecular complexity index is 3110. The number of methoxy groups -OCH3 is 4. The third-order valence-electron chi connectivity index (χ3n) is 17.1. The summed E-state index contributed by atoms with van der Waals surface area (Å²) in [7, 11) is 0.560. The normalized spacial score (nSPS) is 18.8. The summed E-state index contributed by atoms with van der Waals surface area (Å²) in [5, 5.41) is -0.673. The number of amides is 4. The zero-order valence-corrected chi connectivity index (χ0v) is 59.1. The number of rotatable bonds is 20. The number of nitrogens with zero attached hydrogens (tertiary/aromatic N) is 4. The Balaban J connectivity index is 1.07. The van der Waals surface area contributed by atoms with E-state index in [0.29, 0.717) is 43.6 Å². The molecule has 0 bridgehead atoms. The maximum absolute atomic E-state index is 15.1. The largest absolute Gasteiger partial charge is 0.497 e. The van der Waals surface area contributed by atoms with E-state index in [4.69, 9.17) is 116 Å². The van der Waals surface area contributed by atoms with E-state index in [1.54, 1.807) is 60.7 Å². The lowest BCUT2D eigenvalue weighted by molar-refractivity contribution is 0.0584.